The van der Waals surface area contributed by atoms with Crippen LogP contribution < -0.4 is 5.32 Å². The smallest absolute Gasteiger partial charge is 0.433 e. The number of fused-ring (bicyclic) bond motifs is 1. The highest BCUT2D eigenvalue weighted by molar-refractivity contribution is 5.79. The molecule has 0 bridgehead atoms. The topological polar surface area (TPSA) is 105 Å². The number of rotatable bonds is 6. The predicted molar refractivity (Wildman–Crippen MR) is 135 cm³/mol. The molecule has 2 aliphatic heterocycles. The van der Waals surface area contributed by atoms with E-state index < -0.39 is 29.6 Å². The zero-order valence-electron chi connectivity index (χ0n) is 23.1. The van der Waals surface area contributed by atoms with Crippen molar-refractivity contribution in [2.75, 3.05) is 19.6 Å². The quantitative estimate of drug-likeness (QED) is 0.567. The molecule has 2 fully saturated rings. The first-order valence-electron chi connectivity index (χ1n) is 13.7. The zero-order chi connectivity index (χ0) is 28.5. The van der Waals surface area contributed by atoms with Gasteiger partial charge in [0.25, 0.3) is 0 Å². The fourth-order valence-electron chi connectivity index (χ4n) is 5.26. The lowest BCUT2D eigenvalue weighted by Crippen LogP contribution is -2.51. The Morgan fingerprint density at radius 3 is 2.46 bits per heavy atom. The van der Waals surface area contributed by atoms with E-state index >= 15 is 0 Å². The van der Waals surface area contributed by atoms with Gasteiger partial charge in [-0.3, -0.25) is 9.59 Å². The van der Waals surface area contributed by atoms with Crippen molar-refractivity contribution in [2.24, 2.45) is 5.92 Å². The first-order chi connectivity index (χ1) is 18.2. The van der Waals surface area contributed by atoms with Gasteiger partial charge in [-0.05, 0) is 52.4 Å². The summed E-state index contributed by atoms with van der Waals surface area (Å²) in [6, 6.07) is -0.718. The second kappa shape index (κ2) is 11.3. The lowest BCUT2D eigenvalue weighted by Gasteiger charge is -2.35. The summed E-state index contributed by atoms with van der Waals surface area (Å²) < 4.78 is 46.9. The molecule has 9 nitrogen and oxygen atoms in total. The predicted octanol–water partition coefficient (Wildman–Crippen LogP) is 4.19. The Kier molecular flexibility index (Phi) is 8.41. The number of piperidine rings is 1. The van der Waals surface area contributed by atoms with Crippen molar-refractivity contribution in [3.8, 4) is 0 Å². The highest BCUT2D eigenvalue weighted by Crippen LogP contribution is 2.39. The summed E-state index contributed by atoms with van der Waals surface area (Å²) in [7, 11) is 0. The number of alkyl carbamates (subject to hydrolysis) is 1. The molecule has 0 radical (unpaired) electrons. The van der Waals surface area contributed by atoms with Crippen LogP contribution in [0, 0.1) is 5.92 Å². The van der Waals surface area contributed by atoms with Crippen LogP contribution in [0.3, 0.4) is 0 Å². The van der Waals surface area contributed by atoms with Gasteiger partial charge >= 0.3 is 12.3 Å². The van der Waals surface area contributed by atoms with Gasteiger partial charge in [0.1, 0.15) is 11.4 Å². The number of halogens is 3. The molecule has 1 saturated heterocycles. The third-order valence-corrected chi connectivity index (χ3v) is 7.49. The van der Waals surface area contributed by atoms with Gasteiger partial charge in [0.2, 0.25) is 11.8 Å². The molecule has 0 aromatic carbocycles. The Bertz CT molecular complexity index is 1100. The van der Waals surface area contributed by atoms with Crippen LogP contribution in [0.5, 0.6) is 0 Å². The number of carbonyl (C=O) groups is 3. The molecular weight excluding hydrogens is 515 g/mol. The van der Waals surface area contributed by atoms with E-state index in [-0.39, 0.29) is 67.3 Å². The summed E-state index contributed by atoms with van der Waals surface area (Å²) in [5, 5.41) is 2.74. The van der Waals surface area contributed by atoms with E-state index in [0.29, 0.717) is 18.9 Å². The summed E-state index contributed by atoms with van der Waals surface area (Å²) in [4.78, 5) is 50.0. The van der Waals surface area contributed by atoms with Crippen molar-refractivity contribution in [1.29, 1.82) is 0 Å². The van der Waals surface area contributed by atoms with Crippen LogP contribution in [0.1, 0.15) is 94.9 Å². The number of carbonyl (C=O) groups excluding carboxylic acids is 3. The van der Waals surface area contributed by atoms with Crippen molar-refractivity contribution < 1.29 is 32.3 Å². The van der Waals surface area contributed by atoms with Crippen molar-refractivity contribution >= 4 is 17.9 Å². The van der Waals surface area contributed by atoms with Crippen LogP contribution in [0.15, 0.2) is 0 Å². The van der Waals surface area contributed by atoms with E-state index in [1.807, 2.05) is 6.92 Å². The van der Waals surface area contributed by atoms with Crippen molar-refractivity contribution in [2.45, 2.75) is 103 Å². The molecule has 1 saturated carbocycles. The normalized spacial score (nSPS) is 21.2. The molecule has 12 heteroatoms. The first kappa shape index (κ1) is 29.1. The maximum absolute atomic E-state index is 13.8. The lowest BCUT2D eigenvalue weighted by atomic mass is 9.84. The van der Waals surface area contributed by atoms with Crippen LogP contribution in [-0.4, -0.2) is 69.0 Å². The average Bonchev–Trinajstić information content (AvgIpc) is 2.77. The van der Waals surface area contributed by atoms with Crippen molar-refractivity contribution in [1.82, 2.24) is 25.1 Å². The monoisotopic (exact) mass is 553 g/mol. The fraction of sp³-hybridized carbons (Fsp3) is 0.741. The van der Waals surface area contributed by atoms with Gasteiger partial charge in [0.15, 0.2) is 5.69 Å². The van der Waals surface area contributed by atoms with Gasteiger partial charge in [-0.1, -0.05) is 13.3 Å². The standard InChI is InChI=1S/C27H38F3N5O4/c1-16-8-9-21(36)35(13-16)14-18(31-25(38)39-26(2,3)4)12-22(37)34-11-10-19-20(15-34)32-24(17-6-5-7-17)33-23(19)27(28,29)30/h16-18H,5-15H2,1-4H3,(H,31,38)/t16-,18+/m1/s1. The van der Waals surface area contributed by atoms with Gasteiger partial charge in [0, 0.05) is 44.0 Å². The number of nitrogens with zero attached hydrogens (tertiary/aromatic N) is 4. The van der Waals surface area contributed by atoms with E-state index in [9.17, 15) is 27.6 Å². The van der Waals surface area contributed by atoms with Gasteiger partial charge in [0.05, 0.1) is 18.3 Å². The Hall–Kier alpha value is -2.92. The number of hydrogen-bond donors (Lipinski definition) is 1. The van der Waals surface area contributed by atoms with Gasteiger partial charge in [-0.15, -0.1) is 0 Å². The second-order valence-electron chi connectivity index (χ2n) is 12.0. The van der Waals surface area contributed by atoms with Crippen LogP contribution >= 0.6 is 0 Å². The molecule has 2 atom stereocenters. The highest BCUT2D eigenvalue weighted by Gasteiger charge is 2.40. The number of alkyl halides is 3. The Morgan fingerprint density at radius 2 is 1.85 bits per heavy atom. The molecule has 3 aliphatic rings. The minimum atomic E-state index is -4.60. The molecule has 1 aromatic heterocycles. The molecule has 4 rings (SSSR count). The lowest BCUT2D eigenvalue weighted by molar-refractivity contribution is -0.142. The van der Waals surface area contributed by atoms with E-state index in [0.717, 1.165) is 25.7 Å². The first-order valence-corrected chi connectivity index (χ1v) is 13.7. The minimum Gasteiger partial charge on any atom is -0.444 e. The maximum atomic E-state index is 13.8. The number of likely N-dealkylation sites (tertiary alicyclic amines) is 1. The molecule has 216 valence electrons. The zero-order valence-corrected chi connectivity index (χ0v) is 23.1. The summed E-state index contributed by atoms with van der Waals surface area (Å²) in [5.41, 5.74) is -1.37. The van der Waals surface area contributed by atoms with Crippen LogP contribution in [0.2, 0.25) is 0 Å². The summed E-state index contributed by atoms with van der Waals surface area (Å²) in [5.74, 6) is 0.0321. The molecule has 0 unspecified atom stereocenters. The van der Waals surface area contributed by atoms with Gasteiger partial charge in [-0.25, -0.2) is 14.8 Å². The van der Waals surface area contributed by atoms with E-state index in [2.05, 4.69) is 15.3 Å². The Balaban J connectivity index is 1.51. The van der Waals surface area contributed by atoms with Crippen molar-refractivity contribution in [3.05, 3.63) is 22.8 Å². The average molecular weight is 554 g/mol. The van der Waals surface area contributed by atoms with E-state index in [4.69, 9.17) is 4.74 Å². The largest absolute Gasteiger partial charge is 0.444 e. The molecular formula is C27H38F3N5O4. The van der Waals surface area contributed by atoms with Crippen LogP contribution in [-0.2, 0) is 33.5 Å². The fourth-order valence-corrected chi connectivity index (χ4v) is 5.26. The van der Waals surface area contributed by atoms with Crippen LogP contribution in [0.25, 0.3) is 0 Å². The van der Waals surface area contributed by atoms with Gasteiger partial charge in [-0.2, -0.15) is 13.2 Å². The Morgan fingerprint density at radius 1 is 1.13 bits per heavy atom. The molecule has 0 spiro atoms. The summed E-state index contributed by atoms with van der Waals surface area (Å²) >= 11 is 0. The van der Waals surface area contributed by atoms with E-state index in [1.54, 1.807) is 25.7 Å². The summed E-state index contributed by atoms with van der Waals surface area (Å²) in [6.45, 7) is 7.91. The third kappa shape index (κ3) is 7.39. The summed E-state index contributed by atoms with van der Waals surface area (Å²) in [6.07, 6.45) is -1.80. The number of aromatic nitrogens is 2. The highest BCUT2D eigenvalue weighted by atomic mass is 19.4. The number of nitrogens with one attached hydrogen (secondary N) is 1. The molecule has 1 N–H and O–H groups in total. The molecule has 39 heavy (non-hydrogen) atoms. The van der Waals surface area contributed by atoms with E-state index in [1.165, 1.54) is 4.90 Å². The maximum Gasteiger partial charge on any atom is 0.433 e. The molecule has 3 amide bonds. The number of ether oxygens (including phenoxy) is 1. The number of amides is 3. The molecule has 1 aromatic rings. The third-order valence-electron chi connectivity index (χ3n) is 7.49. The van der Waals surface area contributed by atoms with Crippen molar-refractivity contribution in [3.63, 3.8) is 0 Å². The Labute approximate surface area is 226 Å². The molecule has 3 heterocycles. The molecule has 1 aliphatic carbocycles. The van der Waals surface area contributed by atoms with Crippen LogP contribution in [0.4, 0.5) is 18.0 Å². The second-order valence-corrected chi connectivity index (χ2v) is 12.0. The minimum absolute atomic E-state index is 0.00680. The van der Waals surface area contributed by atoms with Gasteiger partial charge < -0.3 is 19.9 Å². The number of hydrogen-bond acceptors (Lipinski definition) is 6. The SMILES string of the molecule is C[C@@H]1CCC(=O)N(C[C@H](CC(=O)N2CCc3c(nc(C4CCC4)nc3C(F)(F)F)C2)NC(=O)OC(C)(C)C)C1.